The van der Waals surface area contributed by atoms with E-state index in [0.29, 0.717) is 33.2 Å². The molecular formula is C24H33N6O4PS2. The molecule has 200 valence electrons. The van der Waals surface area contributed by atoms with Gasteiger partial charge in [0, 0.05) is 5.25 Å². The zero-order valence-corrected chi connectivity index (χ0v) is 24.2. The summed E-state index contributed by atoms with van der Waals surface area (Å²) >= 11 is 2.76. The van der Waals surface area contributed by atoms with E-state index < -0.39 is 7.82 Å². The van der Waals surface area contributed by atoms with Gasteiger partial charge in [-0.25, -0.2) is 19.5 Å². The first-order valence-electron chi connectivity index (χ1n) is 12.1. The zero-order valence-electron chi connectivity index (χ0n) is 21.6. The fourth-order valence-corrected chi connectivity index (χ4v) is 6.42. The van der Waals surface area contributed by atoms with E-state index in [-0.39, 0.29) is 31.1 Å². The van der Waals surface area contributed by atoms with E-state index in [2.05, 4.69) is 35.2 Å². The predicted octanol–water partition coefficient (Wildman–Crippen LogP) is 6.42. The van der Waals surface area contributed by atoms with E-state index in [1.807, 2.05) is 25.1 Å². The SMILES string of the molecule is CCOP(=O)(OCC)OC[C@@H](CC(C)C)Nc1nc(SC(C)c2cccc(C#N)c2)nc2nc(N)sc12. The topological polar surface area (TPSA) is 145 Å². The number of nitrogens with two attached hydrogens (primary N) is 1. The van der Waals surface area contributed by atoms with Crippen molar-refractivity contribution in [1.29, 1.82) is 5.26 Å². The molecular weight excluding hydrogens is 531 g/mol. The molecule has 2 atom stereocenters. The molecule has 10 nitrogen and oxygen atoms in total. The summed E-state index contributed by atoms with van der Waals surface area (Å²) in [6.07, 6.45) is 0.720. The Morgan fingerprint density at radius 2 is 1.89 bits per heavy atom. The smallest absolute Gasteiger partial charge is 0.375 e. The Labute approximate surface area is 226 Å². The number of anilines is 2. The molecule has 3 rings (SSSR count). The lowest BCUT2D eigenvalue weighted by atomic mass is 10.0. The number of fused-ring (bicyclic) bond motifs is 1. The maximum Gasteiger partial charge on any atom is 0.474 e. The highest BCUT2D eigenvalue weighted by Crippen LogP contribution is 2.49. The second-order valence-electron chi connectivity index (χ2n) is 8.61. The summed E-state index contributed by atoms with van der Waals surface area (Å²) in [5.74, 6) is 0.904. The van der Waals surface area contributed by atoms with Crippen LogP contribution in [0.25, 0.3) is 10.3 Å². The lowest BCUT2D eigenvalue weighted by molar-refractivity contribution is 0.116. The van der Waals surface area contributed by atoms with Gasteiger partial charge in [0.25, 0.3) is 0 Å². The summed E-state index contributed by atoms with van der Waals surface area (Å²) in [5.41, 5.74) is 8.10. The van der Waals surface area contributed by atoms with Crippen LogP contribution >= 0.6 is 30.9 Å². The van der Waals surface area contributed by atoms with Crippen molar-refractivity contribution >= 4 is 52.2 Å². The van der Waals surface area contributed by atoms with E-state index in [1.54, 1.807) is 19.9 Å². The lowest BCUT2D eigenvalue weighted by Gasteiger charge is -2.24. The Bertz CT molecular complexity index is 1270. The first-order chi connectivity index (χ1) is 17.7. The molecule has 0 amide bonds. The third-order valence-electron chi connectivity index (χ3n) is 5.12. The molecule has 3 aromatic rings. The molecule has 0 aliphatic heterocycles. The maximum atomic E-state index is 12.9. The number of nitrogens with one attached hydrogen (secondary N) is 1. The summed E-state index contributed by atoms with van der Waals surface area (Å²) in [7, 11) is -3.66. The van der Waals surface area contributed by atoms with Gasteiger partial charge in [0.2, 0.25) is 0 Å². The van der Waals surface area contributed by atoms with E-state index in [1.165, 1.54) is 23.1 Å². The highest BCUT2D eigenvalue weighted by atomic mass is 32.2. The van der Waals surface area contributed by atoms with Gasteiger partial charge in [0.1, 0.15) is 4.70 Å². The minimum absolute atomic E-state index is 0.00681. The molecule has 0 spiro atoms. The Kier molecular flexibility index (Phi) is 10.7. The average molecular weight is 565 g/mol. The summed E-state index contributed by atoms with van der Waals surface area (Å²) in [4.78, 5) is 13.8. The van der Waals surface area contributed by atoms with E-state index >= 15 is 0 Å². The normalized spacial score (nSPS) is 13.5. The third kappa shape index (κ3) is 8.37. The maximum absolute atomic E-state index is 12.9. The Morgan fingerprint density at radius 1 is 1.16 bits per heavy atom. The van der Waals surface area contributed by atoms with Crippen LogP contribution in [0.5, 0.6) is 0 Å². The number of phosphoric ester groups is 1. The highest BCUT2D eigenvalue weighted by molar-refractivity contribution is 7.99. The minimum Gasteiger partial charge on any atom is -0.375 e. The molecule has 0 saturated carbocycles. The van der Waals surface area contributed by atoms with Crippen molar-refractivity contribution < 1.29 is 18.1 Å². The number of benzene rings is 1. The first kappa shape index (κ1) is 29.3. The fourth-order valence-electron chi connectivity index (χ4n) is 3.60. The number of nitrogen functional groups attached to an aromatic ring is 1. The van der Waals surface area contributed by atoms with Crippen molar-refractivity contribution in [2.45, 2.75) is 57.5 Å². The molecule has 3 N–H and O–H groups in total. The van der Waals surface area contributed by atoms with Crippen LogP contribution in [0.3, 0.4) is 0 Å². The minimum atomic E-state index is -3.66. The van der Waals surface area contributed by atoms with Crippen LogP contribution in [-0.2, 0) is 18.1 Å². The van der Waals surface area contributed by atoms with E-state index in [4.69, 9.17) is 24.3 Å². The molecule has 0 saturated heterocycles. The van der Waals surface area contributed by atoms with Crippen molar-refractivity contribution in [3.8, 4) is 6.07 Å². The van der Waals surface area contributed by atoms with Gasteiger partial charge in [-0.2, -0.15) is 5.26 Å². The number of rotatable bonds is 14. The van der Waals surface area contributed by atoms with Crippen LogP contribution in [0.2, 0.25) is 0 Å². The largest absolute Gasteiger partial charge is 0.474 e. The Balaban J connectivity index is 1.88. The summed E-state index contributed by atoms with van der Waals surface area (Å²) in [6, 6.07) is 9.41. The van der Waals surface area contributed by atoms with Gasteiger partial charge in [-0.1, -0.05) is 49.1 Å². The number of nitriles is 1. The summed E-state index contributed by atoms with van der Waals surface area (Å²) in [5, 5.41) is 13.6. The Hall–Kier alpha value is -2.26. The van der Waals surface area contributed by atoms with Crippen LogP contribution < -0.4 is 11.1 Å². The third-order valence-corrected chi connectivity index (χ3v) is 8.64. The molecule has 0 bridgehead atoms. The van der Waals surface area contributed by atoms with Gasteiger partial charge in [-0.15, -0.1) is 0 Å². The van der Waals surface area contributed by atoms with Crippen LogP contribution in [0.4, 0.5) is 10.9 Å². The van der Waals surface area contributed by atoms with Crippen LogP contribution in [0.1, 0.15) is 57.4 Å². The second kappa shape index (κ2) is 13.5. The number of aromatic nitrogens is 3. The fraction of sp³-hybridized carbons (Fsp3) is 0.500. The van der Waals surface area contributed by atoms with Gasteiger partial charge in [-0.05, 0) is 50.8 Å². The van der Waals surface area contributed by atoms with E-state index in [9.17, 15) is 9.83 Å². The van der Waals surface area contributed by atoms with Crippen molar-refractivity contribution in [3.63, 3.8) is 0 Å². The highest BCUT2D eigenvalue weighted by Gasteiger charge is 2.28. The molecule has 37 heavy (non-hydrogen) atoms. The van der Waals surface area contributed by atoms with Crippen molar-refractivity contribution in [2.24, 2.45) is 5.92 Å². The molecule has 0 fully saturated rings. The van der Waals surface area contributed by atoms with Crippen molar-refractivity contribution in [2.75, 3.05) is 30.9 Å². The average Bonchev–Trinajstić information content (AvgIpc) is 3.23. The number of hydrogen-bond acceptors (Lipinski definition) is 12. The number of thioether (sulfide) groups is 1. The number of hydrogen-bond donors (Lipinski definition) is 2. The molecule has 0 radical (unpaired) electrons. The van der Waals surface area contributed by atoms with Crippen LogP contribution in [-0.4, -0.2) is 40.8 Å². The molecule has 2 aromatic heterocycles. The van der Waals surface area contributed by atoms with Gasteiger partial charge in [0.15, 0.2) is 21.8 Å². The van der Waals surface area contributed by atoms with Crippen molar-refractivity contribution in [1.82, 2.24) is 15.0 Å². The van der Waals surface area contributed by atoms with Gasteiger partial charge in [-0.3, -0.25) is 13.6 Å². The van der Waals surface area contributed by atoms with E-state index in [0.717, 1.165) is 16.7 Å². The standard InChI is InChI=1S/C24H33N6O4PS2/c1-6-32-35(31,33-7-2)34-14-19(11-15(3)4)27-21-20-22(28-23(26)37-20)30-24(29-21)36-16(5)18-10-8-9-17(12-18)13-25/h8-10,12,15-16,19H,6-7,11,14H2,1-5H3,(H3,26,27,28,29,30)/t16?,19-/m1/s1. The predicted molar refractivity (Wildman–Crippen MR) is 149 cm³/mol. The Morgan fingerprint density at radius 3 is 2.54 bits per heavy atom. The molecule has 0 aliphatic carbocycles. The second-order valence-corrected chi connectivity index (χ2v) is 12.6. The number of nitrogens with zero attached hydrogens (tertiary/aromatic N) is 4. The monoisotopic (exact) mass is 564 g/mol. The van der Waals surface area contributed by atoms with Crippen molar-refractivity contribution in [3.05, 3.63) is 35.4 Å². The van der Waals surface area contributed by atoms with Gasteiger partial charge < -0.3 is 11.1 Å². The molecule has 2 heterocycles. The van der Waals surface area contributed by atoms with Gasteiger partial charge in [0.05, 0.1) is 37.5 Å². The first-order valence-corrected chi connectivity index (χ1v) is 15.2. The number of thiazole rings is 1. The van der Waals surface area contributed by atoms with Crippen LogP contribution in [0.15, 0.2) is 29.4 Å². The summed E-state index contributed by atoms with van der Waals surface area (Å²) < 4.78 is 29.8. The molecule has 1 unspecified atom stereocenters. The molecule has 13 heteroatoms. The van der Waals surface area contributed by atoms with Gasteiger partial charge >= 0.3 is 7.82 Å². The van der Waals surface area contributed by atoms with Crippen LogP contribution in [0, 0.1) is 17.2 Å². The molecule has 0 aliphatic rings. The lowest BCUT2D eigenvalue weighted by Crippen LogP contribution is -2.28. The number of phosphoric acid groups is 1. The quantitative estimate of drug-likeness (QED) is 0.127. The zero-order chi connectivity index (χ0) is 27.0. The molecule has 1 aromatic carbocycles. The summed E-state index contributed by atoms with van der Waals surface area (Å²) in [6.45, 7) is 10.2.